The molecule has 0 unspecified atom stereocenters. The van der Waals surface area contributed by atoms with Gasteiger partial charge >= 0.3 is 0 Å². The van der Waals surface area contributed by atoms with Crippen LogP contribution in [-0.4, -0.2) is 36.5 Å². The summed E-state index contributed by atoms with van der Waals surface area (Å²) in [5, 5.41) is 3.38. The molecule has 21 heavy (non-hydrogen) atoms. The van der Waals surface area contributed by atoms with Crippen LogP contribution in [0.4, 0.5) is 0 Å². The summed E-state index contributed by atoms with van der Waals surface area (Å²) in [6, 6.07) is 6.11. The minimum atomic E-state index is 0.138. The predicted octanol–water partition coefficient (Wildman–Crippen LogP) is 3.61. The zero-order valence-corrected chi connectivity index (χ0v) is 14.7. The summed E-state index contributed by atoms with van der Waals surface area (Å²) in [5.74, 6) is 0.750. The Balaban J connectivity index is 2.17. The number of nitrogens with one attached hydrogen (secondary N) is 1. The highest BCUT2D eigenvalue weighted by Gasteiger charge is 2.25. The summed E-state index contributed by atoms with van der Waals surface area (Å²) in [7, 11) is 0. The molecule has 1 aliphatic heterocycles. The number of piperidine rings is 1. The maximum absolute atomic E-state index is 12.9. The molecule has 1 amide bonds. The Bertz CT molecular complexity index is 496. The van der Waals surface area contributed by atoms with Crippen LogP contribution in [0.2, 0.25) is 0 Å². The molecular weight excluding hydrogens is 328 g/mol. The van der Waals surface area contributed by atoms with Crippen molar-refractivity contribution in [3.05, 3.63) is 33.8 Å². The molecular formula is C17H25BrN2O. The standard InChI is InChI=1S/C17H25BrN2O/c1-12(2)20(11-14-7-9-19-10-8-14)17(21)15-6-4-5-13(3)16(15)18/h4-6,12,14,19H,7-11H2,1-3H3. The van der Waals surface area contributed by atoms with Crippen LogP contribution in [0.1, 0.15) is 42.6 Å². The van der Waals surface area contributed by atoms with Crippen molar-refractivity contribution < 1.29 is 4.79 Å². The molecule has 1 saturated heterocycles. The van der Waals surface area contributed by atoms with E-state index in [1.54, 1.807) is 0 Å². The monoisotopic (exact) mass is 352 g/mol. The molecule has 0 radical (unpaired) electrons. The van der Waals surface area contributed by atoms with Crippen LogP contribution >= 0.6 is 15.9 Å². The van der Waals surface area contributed by atoms with Crippen molar-refractivity contribution in [1.82, 2.24) is 10.2 Å². The van der Waals surface area contributed by atoms with E-state index in [9.17, 15) is 4.79 Å². The molecule has 1 aromatic carbocycles. The maximum atomic E-state index is 12.9. The number of hydrogen-bond donors (Lipinski definition) is 1. The van der Waals surface area contributed by atoms with Gasteiger partial charge in [-0.2, -0.15) is 0 Å². The van der Waals surface area contributed by atoms with Gasteiger partial charge in [-0.15, -0.1) is 0 Å². The third-order valence-corrected chi connectivity index (χ3v) is 5.27. The predicted molar refractivity (Wildman–Crippen MR) is 90.6 cm³/mol. The number of carbonyl (C=O) groups is 1. The first-order valence-corrected chi connectivity index (χ1v) is 8.56. The first-order chi connectivity index (χ1) is 10.0. The first kappa shape index (κ1) is 16.5. The van der Waals surface area contributed by atoms with Crippen LogP contribution in [-0.2, 0) is 0 Å². The van der Waals surface area contributed by atoms with E-state index >= 15 is 0 Å². The van der Waals surface area contributed by atoms with Crippen molar-refractivity contribution in [1.29, 1.82) is 0 Å². The van der Waals surface area contributed by atoms with E-state index in [2.05, 4.69) is 35.1 Å². The van der Waals surface area contributed by atoms with E-state index in [1.807, 2.05) is 30.0 Å². The maximum Gasteiger partial charge on any atom is 0.255 e. The molecule has 2 rings (SSSR count). The number of rotatable bonds is 4. The fourth-order valence-electron chi connectivity index (χ4n) is 2.84. The summed E-state index contributed by atoms with van der Waals surface area (Å²) in [6.07, 6.45) is 2.32. The lowest BCUT2D eigenvalue weighted by Gasteiger charge is -2.33. The number of amides is 1. The Morgan fingerprint density at radius 1 is 1.38 bits per heavy atom. The number of benzene rings is 1. The van der Waals surface area contributed by atoms with Crippen molar-refractivity contribution in [3.8, 4) is 0 Å². The second kappa shape index (κ2) is 7.41. The van der Waals surface area contributed by atoms with E-state index in [0.717, 1.165) is 48.1 Å². The molecule has 116 valence electrons. The second-order valence-corrected chi connectivity index (χ2v) is 6.97. The fraction of sp³-hybridized carbons (Fsp3) is 0.588. The molecule has 1 heterocycles. The molecule has 3 nitrogen and oxygen atoms in total. The van der Waals surface area contributed by atoms with Crippen LogP contribution < -0.4 is 5.32 Å². The zero-order chi connectivity index (χ0) is 15.4. The molecule has 0 spiro atoms. The van der Waals surface area contributed by atoms with Gasteiger partial charge in [-0.3, -0.25) is 4.79 Å². The third kappa shape index (κ3) is 4.07. The number of aryl methyl sites for hydroxylation is 1. The van der Waals surface area contributed by atoms with Gasteiger partial charge in [0.1, 0.15) is 0 Å². The van der Waals surface area contributed by atoms with Crippen LogP contribution in [0.15, 0.2) is 22.7 Å². The summed E-state index contributed by atoms with van der Waals surface area (Å²) in [4.78, 5) is 14.9. The first-order valence-electron chi connectivity index (χ1n) is 7.77. The molecule has 0 bridgehead atoms. The lowest BCUT2D eigenvalue weighted by atomic mass is 9.96. The van der Waals surface area contributed by atoms with Gasteiger partial charge in [0.05, 0.1) is 5.56 Å². The Morgan fingerprint density at radius 2 is 2.05 bits per heavy atom. The van der Waals surface area contributed by atoms with Crippen molar-refractivity contribution in [2.75, 3.05) is 19.6 Å². The minimum Gasteiger partial charge on any atom is -0.336 e. The quantitative estimate of drug-likeness (QED) is 0.897. The molecule has 1 N–H and O–H groups in total. The lowest BCUT2D eigenvalue weighted by molar-refractivity contribution is 0.0657. The van der Waals surface area contributed by atoms with E-state index in [0.29, 0.717) is 5.92 Å². The molecule has 0 saturated carbocycles. The highest BCUT2D eigenvalue weighted by molar-refractivity contribution is 9.10. The minimum absolute atomic E-state index is 0.138. The molecule has 4 heteroatoms. The van der Waals surface area contributed by atoms with Crippen LogP contribution in [0, 0.1) is 12.8 Å². The smallest absolute Gasteiger partial charge is 0.255 e. The average molecular weight is 353 g/mol. The summed E-state index contributed by atoms with van der Waals surface area (Å²) in [6.45, 7) is 9.22. The average Bonchev–Trinajstić information content (AvgIpc) is 2.48. The Hall–Kier alpha value is -0.870. The van der Waals surface area contributed by atoms with Crippen LogP contribution in [0.5, 0.6) is 0 Å². The number of carbonyl (C=O) groups excluding carboxylic acids is 1. The lowest BCUT2D eigenvalue weighted by Crippen LogP contribution is -2.43. The van der Waals surface area contributed by atoms with E-state index < -0.39 is 0 Å². The third-order valence-electron chi connectivity index (χ3n) is 4.22. The van der Waals surface area contributed by atoms with Gasteiger partial charge < -0.3 is 10.2 Å². The van der Waals surface area contributed by atoms with E-state index in [-0.39, 0.29) is 11.9 Å². The topological polar surface area (TPSA) is 32.3 Å². The van der Waals surface area contributed by atoms with Gasteiger partial charge in [-0.25, -0.2) is 0 Å². The highest BCUT2D eigenvalue weighted by Crippen LogP contribution is 2.24. The second-order valence-electron chi connectivity index (χ2n) is 6.18. The Morgan fingerprint density at radius 3 is 2.67 bits per heavy atom. The van der Waals surface area contributed by atoms with Gasteiger partial charge in [-0.1, -0.05) is 12.1 Å². The van der Waals surface area contributed by atoms with Crippen molar-refractivity contribution >= 4 is 21.8 Å². The van der Waals surface area contributed by atoms with Gasteiger partial charge in [0.15, 0.2) is 0 Å². The van der Waals surface area contributed by atoms with Crippen molar-refractivity contribution in [3.63, 3.8) is 0 Å². The van der Waals surface area contributed by atoms with Gasteiger partial charge in [0.2, 0.25) is 0 Å². The molecule has 0 atom stereocenters. The summed E-state index contributed by atoms with van der Waals surface area (Å²) >= 11 is 3.57. The van der Waals surface area contributed by atoms with Crippen molar-refractivity contribution in [2.45, 2.75) is 39.7 Å². The van der Waals surface area contributed by atoms with Gasteiger partial charge in [-0.05, 0) is 80.2 Å². The molecule has 1 aromatic rings. The number of halogens is 1. The number of hydrogen-bond acceptors (Lipinski definition) is 2. The number of nitrogens with zero attached hydrogens (tertiary/aromatic N) is 1. The molecule has 0 aliphatic carbocycles. The fourth-order valence-corrected chi connectivity index (χ4v) is 3.27. The SMILES string of the molecule is Cc1cccc(C(=O)N(CC2CCNCC2)C(C)C)c1Br. The van der Waals surface area contributed by atoms with Gasteiger partial charge in [0, 0.05) is 17.1 Å². The Labute approximate surface area is 136 Å². The van der Waals surface area contributed by atoms with Crippen LogP contribution in [0.3, 0.4) is 0 Å². The van der Waals surface area contributed by atoms with Crippen molar-refractivity contribution in [2.24, 2.45) is 5.92 Å². The molecule has 1 aliphatic rings. The Kier molecular flexibility index (Phi) is 5.82. The summed E-state index contributed by atoms with van der Waals surface area (Å²) < 4.78 is 0.922. The van der Waals surface area contributed by atoms with E-state index in [1.165, 1.54) is 0 Å². The normalized spacial score (nSPS) is 16.2. The molecule has 1 fully saturated rings. The summed E-state index contributed by atoms with van der Waals surface area (Å²) in [5.41, 5.74) is 1.88. The van der Waals surface area contributed by atoms with Gasteiger partial charge in [0.25, 0.3) is 5.91 Å². The highest BCUT2D eigenvalue weighted by atomic mass is 79.9. The van der Waals surface area contributed by atoms with Crippen LogP contribution in [0.25, 0.3) is 0 Å². The largest absolute Gasteiger partial charge is 0.336 e. The molecule has 0 aromatic heterocycles. The van der Waals surface area contributed by atoms with E-state index in [4.69, 9.17) is 0 Å². The zero-order valence-electron chi connectivity index (χ0n) is 13.2.